The van der Waals surface area contributed by atoms with Gasteiger partial charge in [0, 0.05) is 31.5 Å². The average molecular weight is 349 g/mol. The fraction of sp³-hybridized carbons (Fsp3) is 0.455. The van der Waals surface area contributed by atoms with Crippen molar-refractivity contribution in [1.29, 1.82) is 0 Å². The largest absolute Gasteiger partial charge is 0.351 e. The smallest absolute Gasteiger partial charge is 0.230 e. The highest BCUT2D eigenvalue weighted by Crippen LogP contribution is 2.48. The van der Waals surface area contributed by atoms with E-state index >= 15 is 0 Å². The van der Waals surface area contributed by atoms with Gasteiger partial charge in [-0.25, -0.2) is 0 Å². The molecule has 1 aliphatic heterocycles. The number of benzene rings is 1. The van der Waals surface area contributed by atoms with Crippen LogP contribution in [0.1, 0.15) is 42.4 Å². The molecular formula is C22H27N3O. The fourth-order valence-corrected chi connectivity index (χ4v) is 4.03. The van der Waals surface area contributed by atoms with Crippen molar-refractivity contribution < 1.29 is 4.79 Å². The van der Waals surface area contributed by atoms with Gasteiger partial charge in [0.15, 0.2) is 0 Å². The maximum atomic E-state index is 13.0. The lowest BCUT2D eigenvalue weighted by molar-refractivity contribution is -0.124. The van der Waals surface area contributed by atoms with Crippen molar-refractivity contribution in [1.82, 2.24) is 15.2 Å². The number of carbonyl (C=O) groups is 1. The van der Waals surface area contributed by atoms with Crippen LogP contribution < -0.4 is 5.32 Å². The maximum Gasteiger partial charge on any atom is 0.230 e. The molecule has 2 fully saturated rings. The van der Waals surface area contributed by atoms with Crippen LogP contribution in [0.5, 0.6) is 0 Å². The van der Waals surface area contributed by atoms with Crippen molar-refractivity contribution in [2.24, 2.45) is 0 Å². The number of hydrogen-bond donors (Lipinski definition) is 1. The third-order valence-electron chi connectivity index (χ3n) is 5.76. The number of piperidine rings is 1. The van der Waals surface area contributed by atoms with E-state index in [0.29, 0.717) is 0 Å². The SMILES string of the molecule is Cc1ccc(C2(C(=O)N[C@H]3CCCN(Cc4cccnc4)C3)CC2)cc1. The molecule has 1 amide bonds. The zero-order chi connectivity index (χ0) is 18.0. The lowest BCUT2D eigenvalue weighted by atomic mass is 9.93. The van der Waals surface area contributed by atoms with Crippen LogP contribution in [0.2, 0.25) is 0 Å². The van der Waals surface area contributed by atoms with Crippen molar-refractivity contribution in [2.75, 3.05) is 13.1 Å². The van der Waals surface area contributed by atoms with E-state index in [9.17, 15) is 4.79 Å². The number of likely N-dealkylation sites (tertiary alicyclic amines) is 1. The van der Waals surface area contributed by atoms with E-state index in [1.807, 2.05) is 18.5 Å². The van der Waals surface area contributed by atoms with Crippen LogP contribution in [0.25, 0.3) is 0 Å². The molecule has 1 N–H and O–H groups in total. The summed E-state index contributed by atoms with van der Waals surface area (Å²) in [6.07, 6.45) is 7.87. The minimum Gasteiger partial charge on any atom is -0.351 e. The average Bonchev–Trinajstić information content (AvgIpc) is 3.45. The third-order valence-corrected chi connectivity index (χ3v) is 5.76. The molecule has 136 valence electrons. The molecule has 4 nitrogen and oxygen atoms in total. The van der Waals surface area contributed by atoms with Crippen molar-refractivity contribution in [2.45, 2.75) is 50.6 Å². The predicted octanol–water partition coefficient (Wildman–Crippen LogP) is 3.20. The van der Waals surface area contributed by atoms with Crippen LogP contribution in [0, 0.1) is 6.92 Å². The number of carbonyl (C=O) groups excluding carboxylic acids is 1. The first-order chi connectivity index (χ1) is 12.7. The summed E-state index contributed by atoms with van der Waals surface area (Å²) in [5.74, 6) is 0.217. The maximum absolute atomic E-state index is 13.0. The quantitative estimate of drug-likeness (QED) is 0.902. The molecule has 26 heavy (non-hydrogen) atoms. The normalized spacial score (nSPS) is 22.0. The first kappa shape index (κ1) is 17.2. The van der Waals surface area contributed by atoms with Gasteiger partial charge in [0.05, 0.1) is 5.41 Å². The summed E-state index contributed by atoms with van der Waals surface area (Å²) in [6, 6.07) is 12.8. The summed E-state index contributed by atoms with van der Waals surface area (Å²) < 4.78 is 0. The van der Waals surface area contributed by atoms with Crippen LogP contribution in [-0.2, 0) is 16.8 Å². The van der Waals surface area contributed by atoms with E-state index in [1.165, 1.54) is 16.7 Å². The van der Waals surface area contributed by atoms with E-state index < -0.39 is 0 Å². The molecule has 4 heteroatoms. The van der Waals surface area contributed by atoms with Gasteiger partial charge in [0.2, 0.25) is 5.91 Å². The van der Waals surface area contributed by atoms with Gasteiger partial charge < -0.3 is 5.32 Å². The number of hydrogen-bond acceptors (Lipinski definition) is 3. The first-order valence-corrected chi connectivity index (χ1v) is 9.65. The highest BCUT2D eigenvalue weighted by molar-refractivity contribution is 5.91. The standard InChI is InChI=1S/C22H27N3O/c1-17-6-8-19(9-7-17)22(10-11-22)21(26)24-20-5-3-13-25(16-20)15-18-4-2-12-23-14-18/h2,4,6-9,12,14,20H,3,5,10-11,13,15-16H2,1H3,(H,24,26)/t20-/m0/s1. The van der Waals surface area contributed by atoms with Gasteiger partial charge in [0.1, 0.15) is 0 Å². The van der Waals surface area contributed by atoms with Crippen LogP contribution in [-0.4, -0.2) is 34.9 Å². The van der Waals surface area contributed by atoms with Gasteiger partial charge in [-0.1, -0.05) is 35.9 Å². The Morgan fingerprint density at radius 3 is 2.77 bits per heavy atom. The van der Waals surface area contributed by atoms with Gasteiger partial charge in [-0.3, -0.25) is 14.7 Å². The van der Waals surface area contributed by atoms with Gasteiger partial charge >= 0.3 is 0 Å². The molecule has 4 rings (SSSR count). The number of amides is 1. The molecule has 1 aromatic heterocycles. The number of rotatable bonds is 5. The van der Waals surface area contributed by atoms with E-state index in [-0.39, 0.29) is 17.4 Å². The Labute approximate surface area is 155 Å². The van der Waals surface area contributed by atoms with Crippen LogP contribution >= 0.6 is 0 Å². The molecule has 1 saturated heterocycles. The molecule has 0 radical (unpaired) electrons. The molecule has 1 saturated carbocycles. The molecule has 1 atom stereocenters. The van der Waals surface area contributed by atoms with Crippen LogP contribution in [0.15, 0.2) is 48.8 Å². The fourth-order valence-electron chi connectivity index (χ4n) is 4.03. The topological polar surface area (TPSA) is 45.2 Å². The van der Waals surface area contributed by atoms with Crippen LogP contribution in [0.4, 0.5) is 0 Å². The Morgan fingerprint density at radius 1 is 1.27 bits per heavy atom. The van der Waals surface area contributed by atoms with Crippen molar-refractivity contribution >= 4 is 5.91 Å². The van der Waals surface area contributed by atoms with Gasteiger partial charge in [-0.2, -0.15) is 0 Å². The second kappa shape index (κ2) is 7.20. The third kappa shape index (κ3) is 3.65. The molecule has 2 aliphatic rings. The highest BCUT2D eigenvalue weighted by atomic mass is 16.2. The summed E-state index contributed by atoms with van der Waals surface area (Å²) >= 11 is 0. The Balaban J connectivity index is 1.37. The van der Waals surface area contributed by atoms with Gasteiger partial charge in [0.25, 0.3) is 0 Å². The Hall–Kier alpha value is -2.20. The minimum atomic E-state index is -0.278. The molecule has 1 aromatic carbocycles. The zero-order valence-electron chi connectivity index (χ0n) is 15.4. The van der Waals surface area contributed by atoms with E-state index in [1.54, 1.807) is 0 Å². The number of aromatic nitrogens is 1. The monoisotopic (exact) mass is 349 g/mol. The summed E-state index contributed by atoms with van der Waals surface area (Å²) in [5.41, 5.74) is 3.36. The van der Waals surface area contributed by atoms with Gasteiger partial charge in [-0.05, 0) is 56.3 Å². The second-order valence-electron chi connectivity index (χ2n) is 7.86. The first-order valence-electron chi connectivity index (χ1n) is 9.65. The van der Waals surface area contributed by atoms with Crippen molar-refractivity contribution in [3.05, 3.63) is 65.5 Å². The predicted molar refractivity (Wildman–Crippen MR) is 103 cm³/mol. The van der Waals surface area contributed by atoms with E-state index in [0.717, 1.165) is 45.3 Å². The number of pyridine rings is 1. The highest BCUT2D eigenvalue weighted by Gasteiger charge is 2.51. The second-order valence-corrected chi connectivity index (χ2v) is 7.86. The molecular weight excluding hydrogens is 322 g/mol. The number of nitrogens with zero attached hydrogens (tertiary/aromatic N) is 2. The Bertz CT molecular complexity index is 753. The molecule has 0 bridgehead atoms. The number of nitrogens with one attached hydrogen (secondary N) is 1. The lowest BCUT2D eigenvalue weighted by Gasteiger charge is -2.34. The summed E-state index contributed by atoms with van der Waals surface area (Å²) in [6.45, 7) is 5.00. The summed E-state index contributed by atoms with van der Waals surface area (Å²) in [7, 11) is 0. The Morgan fingerprint density at radius 2 is 2.08 bits per heavy atom. The lowest BCUT2D eigenvalue weighted by Crippen LogP contribution is -2.50. The Kier molecular flexibility index (Phi) is 4.77. The van der Waals surface area contributed by atoms with Crippen molar-refractivity contribution in [3.8, 4) is 0 Å². The van der Waals surface area contributed by atoms with Crippen LogP contribution in [0.3, 0.4) is 0 Å². The molecule has 1 aliphatic carbocycles. The summed E-state index contributed by atoms with van der Waals surface area (Å²) in [4.78, 5) is 19.6. The van der Waals surface area contributed by atoms with E-state index in [4.69, 9.17) is 0 Å². The molecule has 0 unspecified atom stereocenters. The van der Waals surface area contributed by atoms with Crippen molar-refractivity contribution in [3.63, 3.8) is 0 Å². The van der Waals surface area contributed by atoms with E-state index in [2.05, 4.69) is 52.5 Å². The van der Waals surface area contributed by atoms with Gasteiger partial charge in [-0.15, -0.1) is 0 Å². The molecule has 2 aromatic rings. The number of aryl methyl sites for hydroxylation is 1. The molecule has 2 heterocycles. The summed E-state index contributed by atoms with van der Waals surface area (Å²) in [5, 5.41) is 3.35. The zero-order valence-corrected chi connectivity index (χ0v) is 15.4. The minimum absolute atomic E-state index is 0.217. The molecule has 0 spiro atoms.